The van der Waals surface area contributed by atoms with Crippen LogP contribution in [0.15, 0.2) is 41.0 Å². The summed E-state index contributed by atoms with van der Waals surface area (Å²) in [4.78, 5) is 15.4. The second-order valence-electron chi connectivity index (χ2n) is 4.74. The molecule has 5 nitrogen and oxygen atoms in total. The maximum Gasteiger partial charge on any atom is 0.217 e. The standard InChI is InChI=1S/C15H17BrN4O/c1-9(18-10(2)21)11-6-7-13(12(17)8-11)19-15-5-3-4-14(16)20-15/h3-9H,17H2,1-2H3,(H,18,21)(H,19,20). The summed E-state index contributed by atoms with van der Waals surface area (Å²) < 4.78 is 0.752. The summed E-state index contributed by atoms with van der Waals surface area (Å²) in [6.07, 6.45) is 0. The van der Waals surface area contributed by atoms with Gasteiger partial charge < -0.3 is 16.4 Å². The third kappa shape index (κ3) is 4.19. The minimum Gasteiger partial charge on any atom is -0.397 e. The predicted molar refractivity (Wildman–Crippen MR) is 88.3 cm³/mol. The van der Waals surface area contributed by atoms with Gasteiger partial charge >= 0.3 is 0 Å². The Bertz CT molecular complexity index is 660. The molecule has 0 aliphatic heterocycles. The summed E-state index contributed by atoms with van der Waals surface area (Å²) in [6.45, 7) is 3.41. The number of nitrogen functional groups attached to an aromatic ring is 1. The zero-order valence-corrected chi connectivity index (χ0v) is 13.4. The van der Waals surface area contributed by atoms with E-state index in [1.165, 1.54) is 6.92 Å². The molecule has 21 heavy (non-hydrogen) atoms. The third-order valence-electron chi connectivity index (χ3n) is 2.97. The number of halogens is 1. The van der Waals surface area contributed by atoms with Gasteiger partial charge in [-0.15, -0.1) is 0 Å². The lowest BCUT2D eigenvalue weighted by Gasteiger charge is -2.15. The van der Waals surface area contributed by atoms with E-state index < -0.39 is 0 Å². The molecule has 1 heterocycles. The van der Waals surface area contributed by atoms with Crippen molar-refractivity contribution in [3.63, 3.8) is 0 Å². The number of nitrogens with zero attached hydrogens (tertiary/aromatic N) is 1. The number of nitrogens with one attached hydrogen (secondary N) is 2. The van der Waals surface area contributed by atoms with Crippen molar-refractivity contribution in [1.29, 1.82) is 0 Å². The number of anilines is 3. The van der Waals surface area contributed by atoms with Crippen molar-refractivity contribution < 1.29 is 4.79 Å². The fourth-order valence-corrected chi connectivity index (χ4v) is 2.31. The van der Waals surface area contributed by atoms with Crippen molar-refractivity contribution in [2.45, 2.75) is 19.9 Å². The van der Waals surface area contributed by atoms with Crippen LogP contribution in [-0.2, 0) is 4.79 Å². The molecule has 110 valence electrons. The number of carbonyl (C=O) groups is 1. The number of amides is 1. The molecule has 1 unspecified atom stereocenters. The molecule has 0 aliphatic carbocycles. The number of hydrogen-bond acceptors (Lipinski definition) is 4. The predicted octanol–water partition coefficient (Wildman–Crippen LogP) is 3.37. The van der Waals surface area contributed by atoms with Crippen LogP contribution in [0.2, 0.25) is 0 Å². The molecule has 2 aromatic rings. The number of rotatable bonds is 4. The molecule has 0 saturated carbocycles. The molecule has 1 aromatic carbocycles. The van der Waals surface area contributed by atoms with Gasteiger partial charge in [0.05, 0.1) is 17.4 Å². The fourth-order valence-electron chi connectivity index (χ4n) is 1.97. The van der Waals surface area contributed by atoms with Crippen molar-refractivity contribution in [3.8, 4) is 0 Å². The van der Waals surface area contributed by atoms with Crippen LogP contribution < -0.4 is 16.4 Å². The lowest BCUT2D eigenvalue weighted by Crippen LogP contribution is -2.23. The number of carbonyl (C=O) groups excluding carboxylic acids is 1. The molecule has 1 atom stereocenters. The zero-order chi connectivity index (χ0) is 15.4. The second-order valence-corrected chi connectivity index (χ2v) is 5.55. The van der Waals surface area contributed by atoms with Crippen molar-refractivity contribution in [2.75, 3.05) is 11.1 Å². The molecule has 6 heteroatoms. The molecule has 1 aromatic heterocycles. The van der Waals surface area contributed by atoms with Crippen molar-refractivity contribution in [3.05, 3.63) is 46.6 Å². The fraction of sp³-hybridized carbons (Fsp3) is 0.200. The van der Waals surface area contributed by atoms with Gasteiger partial charge in [0.2, 0.25) is 5.91 Å². The first-order chi connectivity index (χ1) is 9.95. The highest BCUT2D eigenvalue weighted by atomic mass is 79.9. The molecule has 0 radical (unpaired) electrons. The van der Waals surface area contributed by atoms with Crippen molar-refractivity contribution >= 4 is 39.0 Å². The molecule has 4 N–H and O–H groups in total. The quantitative estimate of drug-likeness (QED) is 0.584. The van der Waals surface area contributed by atoms with E-state index in [4.69, 9.17) is 5.73 Å². The first-order valence-electron chi connectivity index (χ1n) is 6.52. The zero-order valence-electron chi connectivity index (χ0n) is 11.9. The van der Waals surface area contributed by atoms with Crippen molar-refractivity contribution in [2.24, 2.45) is 0 Å². The maximum absolute atomic E-state index is 11.1. The number of aromatic nitrogens is 1. The average Bonchev–Trinajstić information content (AvgIpc) is 2.40. The number of benzene rings is 1. The van der Waals surface area contributed by atoms with Crippen molar-refractivity contribution in [1.82, 2.24) is 10.3 Å². The van der Waals surface area contributed by atoms with Crippen LogP contribution in [0.1, 0.15) is 25.5 Å². The largest absolute Gasteiger partial charge is 0.397 e. The Kier molecular flexibility index (Phi) is 4.80. The van der Waals surface area contributed by atoms with Crippen LogP contribution in [0.25, 0.3) is 0 Å². The molecule has 0 fully saturated rings. The summed E-state index contributed by atoms with van der Waals surface area (Å²) in [5.74, 6) is 0.639. The SMILES string of the molecule is CC(=O)NC(C)c1ccc(Nc2cccc(Br)n2)c(N)c1. The molecule has 0 saturated heterocycles. The van der Waals surface area contributed by atoms with Gasteiger partial charge in [-0.05, 0) is 52.7 Å². The monoisotopic (exact) mass is 348 g/mol. The Labute approximate surface area is 132 Å². The van der Waals surface area contributed by atoms with Gasteiger partial charge in [0.25, 0.3) is 0 Å². The Balaban J connectivity index is 2.17. The van der Waals surface area contributed by atoms with Gasteiger partial charge in [0.1, 0.15) is 10.4 Å². The van der Waals surface area contributed by atoms with E-state index in [2.05, 4.69) is 31.5 Å². The van der Waals surface area contributed by atoms with Crippen LogP contribution in [0.4, 0.5) is 17.2 Å². The summed E-state index contributed by atoms with van der Waals surface area (Å²) in [5.41, 5.74) is 8.40. The topological polar surface area (TPSA) is 80.0 Å². The van der Waals surface area contributed by atoms with E-state index in [1.807, 2.05) is 43.3 Å². The molecule has 0 bridgehead atoms. The highest BCUT2D eigenvalue weighted by Crippen LogP contribution is 2.26. The number of nitrogens with two attached hydrogens (primary N) is 1. The molecule has 0 spiro atoms. The maximum atomic E-state index is 11.1. The van der Waals surface area contributed by atoms with E-state index in [9.17, 15) is 4.79 Å². The average molecular weight is 349 g/mol. The summed E-state index contributed by atoms with van der Waals surface area (Å²) in [6, 6.07) is 11.2. The third-order valence-corrected chi connectivity index (χ3v) is 3.41. The molecular weight excluding hydrogens is 332 g/mol. The van der Waals surface area contributed by atoms with Gasteiger partial charge in [-0.1, -0.05) is 12.1 Å². The lowest BCUT2D eigenvalue weighted by molar-refractivity contribution is -0.119. The van der Waals surface area contributed by atoms with Gasteiger partial charge in [-0.3, -0.25) is 4.79 Å². The number of pyridine rings is 1. The minimum absolute atomic E-state index is 0.0680. The summed E-state index contributed by atoms with van der Waals surface area (Å²) >= 11 is 3.33. The van der Waals surface area contributed by atoms with Crippen LogP contribution in [0, 0.1) is 0 Å². The normalized spacial score (nSPS) is 11.8. The Hall–Kier alpha value is -2.08. The van der Waals surface area contributed by atoms with E-state index in [-0.39, 0.29) is 11.9 Å². The van der Waals surface area contributed by atoms with Crippen LogP contribution >= 0.6 is 15.9 Å². The smallest absolute Gasteiger partial charge is 0.217 e. The van der Waals surface area contributed by atoms with Gasteiger partial charge in [-0.2, -0.15) is 0 Å². The van der Waals surface area contributed by atoms with Gasteiger partial charge in [0.15, 0.2) is 0 Å². The summed E-state index contributed by atoms with van der Waals surface area (Å²) in [5, 5.41) is 6.00. The minimum atomic E-state index is -0.0807. The first kappa shape index (κ1) is 15.3. The van der Waals surface area contributed by atoms with Crippen LogP contribution in [-0.4, -0.2) is 10.9 Å². The van der Waals surface area contributed by atoms with Gasteiger partial charge in [-0.25, -0.2) is 4.98 Å². The molecule has 2 rings (SSSR count). The van der Waals surface area contributed by atoms with E-state index in [0.717, 1.165) is 15.9 Å². The second kappa shape index (κ2) is 6.58. The van der Waals surface area contributed by atoms with Crippen LogP contribution in [0.5, 0.6) is 0 Å². The highest BCUT2D eigenvalue weighted by Gasteiger charge is 2.09. The van der Waals surface area contributed by atoms with Gasteiger partial charge in [0, 0.05) is 6.92 Å². The van der Waals surface area contributed by atoms with E-state index >= 15 is 0 Å². The Morgan fingerprint density at radius 3 is 2.71 bits per heavy atom. The highest BCUT2D eigenvalue weighted by molar-refractivity contribution is 9.10. The molecule has 1 amide bonds. The van der Waals surface area contributed by atoms with Crippen LogP contribution in [0.3, 0.4) is 0 Å². The molecular formula is C15H17BrN4O. The van der Waals surface area contributed by atoms with E-state index in [0.29, 0.717) is 11.5 Å². The number of hydrogen-bond donors (Lipinski definition) is 3. The van der Waals surface area contributed by atoms with E-state index in [1.54, 1.807) is 0 Å². The lowest BCUT2D eigenvalue weighted by atomic mass is 10.1. The molecule has 0 aliphatic rings. The summed E-state index contributed by atoms with van der Waals surface area (Å²) in [7, 11) is 0. The first-order valence-corrected chi connectivity index (χ1v) is 7.31. The Morgan fingerprint density at radius 1 is 1.33 bits per heavy atom. The Morgan fingerprint density at radius 2 is 2.10 bits per heavy atom.